The summed E-state index contributed by atoms with van der Waals surface area (Å²) in [7, 11) is 0. The predicted molar refractivity (Wildman–Crippen MR) is 65.4 cm³/mol. The summed E-state index contributed by atoms with van der Waals surface area (Å²) < 4.78 is 31.2. The quantitative estimate of drug-likeness (QED) is 0.738. The highest BCUT2D eigenvalue weighted by molar-refractivity contribution is 5.24. The lowest BCUT2D eigenvalue weighted by Gasteiger charge is -2.24. The van der Waals surface area contributed by atoms with E-state index >= 15 is 0 Å². The molecule has 1 atom stereocenters. The first-order valence-electron chi connectivity index (χ1n) is 6.01. The largest absolute Gasteiger partial charge is 0.490 e. The lowest BCUT2D eigenvalue weighted by atomic mass is 9.95. The van der Waals surface area contributed by atoms with Crippen molar-refractivity contribution < 1.29 is 18.6 Å². The Morgan fingerprint density at radius 2 is 2.11 bits per heavy atom. The van der Waals surface area contributed by atoms with Gasteiger partial charge in [-0.1, -0.05) is 6.92 Å². The number of nitrogens with two attached hydrogens (primary N) is 1. The van der Waals surface area contributed by atoms with Crippen molar-refractivity contribution in [3.05, 3.63) is 29.8 Å². The molecular formula is C13H19F2NO2. The fourth-order valence-corrected chi connectivity index (χ4v) is 1.59. The van der Waals surface area contributed by atoms with Crippen molar-refractivity contribution in [2.45, 2.75) is 31.8 Å². The van der Waals surface area contributed by atoms with Crippen LogP contribution in [-0.2, 0) is 0 Å². The zero-order chi connectivity index (χ0) is 13.6. The van der Waals surface area contributed by atoms with E-state index in [0.29, 0.717) is 19.3 Å². The summed E-state index contributed by atoms with van der Waals surface area (Å²) in [6.07, 6.45) is 1.55. The fourth-order valence-electron chi connectivity index (χ4n) is 1.59. The van der Waals surface area contributed by atoms with Crippen molar-refractivity contribution in [1.29, 1.82) is 0 Å². The van der Waals surface area contributed by atoms with E-state index in [0.717, 1.165) is 18.2 Å². The van der Waals surface area contributed by atoms with E-state index < -0.39 is 17.2 Å². The van der Waals surface area contributed by atoms with Crippen LogP contribution in [0.3, 0.4) is 0 Å². The van der Waals surface area contributed by atoms with E-state index in [-0.39, 0.29) is 18.9 Å². The molecular weight excluding hydrogens is 240 g/mol. The number of hydrogen-bond acceptors (Lipinski definition) is 3. The molecule has 0 bridgehead atoms. The van der Waals surface area contributed by atoms with Gasteiger partial charge in [0.2, 0.25) is 0 Å². The summed E-state index contributed by atoms with van der Waals surface area (Å²) in [6, 6.07) is 3.06. The smallest absolute Gasteiger partial charge is 0.165 e. The van der Waals surface area contributed by atoms with Crippen LogP contribution in [0.5, 0.6) is 5.75 Å². The van der Waals surface area contributed by atoms with E-state index in [1.165, 1.54) is 0 Å². The SMILES string of the molecule is CCC(O)(CN)CCCOc1cc(F)ccc1F. The molecule has 1 unspecified atom stereocenters. The van der Waals surface area contributed by atoms with Gasteiger partial charge >= 0.3 is 0 Å². The second kappa shape index (κ2) is 6.66. The van der Waals surface area contributed by atoms with Crippen LogP contribution in [-0.4, -0.2) is 23.9 Å². The van der Waals surface area contributed by atoms with Gasteiger partial charge in [-0.2, -0.15) is 0 Å². The molecule has 0 saturated heterocycles. The van der Waals surface area contributed by atoms with Gasteiger partial charge in [0, 0.05) is 12.6 Å². The summed E-state index contributed by atoms with van der Waals surface area (Å²) in [6.45, 7) is 2.24. The highest BCUT2D eigenvalue weighted by Gasteiger charge is 2.21. The normalized spacial score (nSPS) is 14.3. The topological polar surface area (TPSA) is 55.5 Å². The minimum atomic E-state index is -0.899. The standard InChI is InChI=1S/C13H19F2NO2/c1-2-13(17,9-16)6-3-7-18-12-8-10(14)4-5-11(12)15/h4-5,8,17H,2-3,6-7,9,16H2,1H3. The van der Waals surface area contributed by atoms with Crippen LogP contribution >= 0.6 is 0 Å². The van der Waals surface area contributed by atoms with Crippen molar-refractivity contribution in [2.75, 3.05) is 13.2 Å². The van der Waals surface area contributed by atoms with Crippen LogP contribution in [0.25, 0.3) is 0 Å². The summed E-state index contributed by atoms with van der Waals surface area (Å²) >= 11 is 0. The first-order valence-corrected chi connectivity index (χ1v) is 6.01. The third kappa shape index (κ3) is 4.23. The molecule has 0 spiro atoms. The Morgan fingerprint density at radius 1 is 1.39 bits per heavy atom. The molecule has 0 aliphatic carbocycles. The van der Waals surface area contributed by atoms with Crippen molar-refractivity contribution in [2.24, 2.45) is 5.73 Å². The molecule has 0 aromatic heterocycles. The van der Waals surface area contributed by atoms with E-state index in [9.17, 15) is 13.9 Å². The molecule has 3 nitrogen and oxygen atoms in total. The molecule has 0 heterocycles. The molecule has 0 fully saturated rings. The second-order valence-electron chi connectivity index (χ2n) is 4.31. The highest BCUT2D eigenvalue weighted by atomic mass is 19.1. The molecule has 18 heavy (non-hydrogen) atoms. The van der Waals surface area contributed by atoms with Crippen LogP contribution < -0.4 is 10.5 Å². The Kier molecular flexibility index (Phi) is 5.50. The third-order valence-electron chi connectivity index (χ3n) is 2.98. The maximum atomic E-state index is 13.2. The summed E-state index contributed by atoms with van der Waals surface area (Å²) in [5, 5.41) is 9.91. The van der Waals surface area contributed by atoms with Crippen molar-refractivity contribution in [1.82, 2.24) is 0 Å². The molecule has 5 heteroatoms. The van der Waals surface area contributed by atoms with E-state index in [1.807, 2.05) is 6.92 Å². The van der Waals surface area contributed by atoms with Gasteiger partial charge < -0.3 is 15.6 Å². The number of aliphatic hydroxyl groups is 1. The second-order valence-corrected chi connectivity index (χ2v) is 4.31. The van der Waals surface area contributed by atoms with Crippen LogP contribution in [0.15, 0.2) is 18.2 Å². The van der Waals surface area contributed by atoms with Crippen molar-refractivity contribution >= 4 is 0 Å². The van der Waals surface area contributed by atoms with Gasteiger partial charge in [0.15, 0.2) is 11.6 Å². The van der Waals surface area contributed by atoms with E-state index in [2.05, 4.69) is 0 Å². The molecule has 0 amide bonds. The average Bonchev–Trinajstić information content (AvgIpc) is 2.38. The Balaban J connectivity index is 2.40. The number of benzene rings is 1. The lowest BCUT2D eigenvalue weighted by molar-refractivity contribution is 0.0307. The predicted octanol–water partition coefficient (Wildman–Crippen LogP) is 2.22. The highest BCUT2D eigenvalue weighted by Crippen LogP contribution is 2.20. The fraction of sp³-hybridized carbons (Fsp3) is 0.538. The lowest BCUT2D eigenvalue weighted by Crippen LogP contribution is -2.37. The molecule has 0 aliphatic heterocycles. The first-order chi connectivity index (χ1) is 8.50. The minimum Gasteiger partial charge on any atom is -0.490 e. The van der Waals surface area contributed by atoms with Gasteiger partial charge in [-0.25, -0.2) is 8.78 Å². The number of halogens is 2. The van der Waals surface area contributed by atoms with Crippen LogP contribution in [0.2, 0.25) is 0 Å². The third-order valence-corrected chi connectivity index (χ3v) is 2.98. The number of rotatable bonds is 7. The Hall–Kier alpha value is -1.20. The molecule has 0 aliphatic rings. The van der Waals surface area contributed by atoms with Gasteiger partial charge in [0.25, 0.3) is 0 Å². The maximum absolute atomic E-state index is 13.2. The maximum Gasteiger partial charge on any atom is 0.165 e. The van der Waals surface area contributed by atoms with E-state index in [1.54, 1.807) is 0 Å². The average molecular weight is 259 g/mol. The number of hydrogen-bond donors (Lipinski definition) is 2. The number of ether oxygens (including phenoxy) is 1. The van der Waals surface area contributed by atoms with Crippen molar-refractivity contribution in [3.63, 3.8) is 0 Å². The zero-order valence-electron chi connectivity index (χ0n) is 10.5. The summed E-state index contributed by atoms with van der Waals surface area (Å²) in [5.41, 5.74) is 4.56. The van der Waals surface area contributed by atoms with Gasteiger partial charge in [0.05, 0.1) is 12.2 Å². The molecule has 1 aromatic carbocycles. The van der Waals surface area contributed by atoms with Gasteiger partial charge in [-0.15, -0.1) is 0 Å². The van der Waals surface area contributed by atoms with Gasteiger partial charge in [0.1, 0.15) is 5.82 Å². The molecule has 1 aromatic rings. The van der Waals surface area contributed by atoms with Crippen molar-refractivity contribution in [3.8, 4) is 5.75 Å². The molecule has 3 N–H and O–H groups in total. The summed E-state index contributed by atoms with van der Waals surface area (Å²) in [4.78, 5) is 0. The monoisotopic (exact) mass is 259 g/mol. The Labute approximate surface area is 106 Å². The Bertz CT molecular complexity index is 381. The van der Waals surface area contributed by atoms with E-state index in [4.69, 9.17) is 10.5 Å². The molecule has 0 saturated carbocycles. The minimum absolute atomic E-state index is 0.109. The van der Waals surface area contributed by atoms with Gasteiger partial charge in [-0.3, -0.25) is 0 Å². The van der Waals surface area contributed by atoms with Crippen LogP contribution in [0.4, 0.5) is 8.78 Å². The van der Waals surface area contributed by atoms with Crippen LogP contribution in [0.1, 0.15) is 26.2 Å². The molecule has 0 radical (unpaired) electrons. The Morgan fingerprint density at radius 3 is 2.72 bits per heavy atom. The summed E-state index contributed by atoms with van der Waals surface area (Å²) in [5.74, 6) is -1.25. The van der Waals surface area contributed by atoms with Gasteiger partial charge in [-0.05, 0) is 31.4 Å². The zero-order valence-corrected chi connectivity index (χ0v) is 10.5. The molecule has 102 valence electrons. The molecule has 1 rings (SSSR count). The van der Waals surface area contributed by atoms with Crippen LogP contribution in [0, 0.1) is 11.6 Å². The first kappa shape index (κ1) is 14.9.